The van der Waals surface area contributed by atoms with Gasteiger partial charge in [-0.15, -0.1) is 0 Å². The van der Waals surface area contributed by atoms with Gasteiger partial charge in [0.25, 0.3) is 5.91 Å². The zero-order chi connectivity index (χ0) is 13.0. The molecule has 5 heteroatoms. The summed E-state index contributed by atoms with van der Waals surface area (Å²) >= 11 is 0. The van der Waals surface area contributed by atoms with Gasteiger partial charge in [0.15, 0.2) is 0 Å². The van der Waals surface area contributed by atoms with Crippen molar-refractivity contribution in [3.63, 3.8) is 0 Å². The number of nitrogen functional groups attached to an aromatic ring is 1. The number of ether oxygens (including phenoxy) is 2. The Labute approximate surface area is 106 Å². The van der Waals surface area contributed by atoms with E-state index in [0.717, 1.165) is 12.8 Å². The van der Waals surface area contributed by atoms with Crippen molar-refractivity contribution in [2.24, 2.45) is 0 Å². The van der Waals surface area contributed by atoms with Crippen molar-refractivity contribution in [2.75, 3.05) is 26.0 Å². The van der Waals surface area contributed by atoms with E-state index in [2.05, 4.69) is 5.32 Å². The van der Waals surface area contributed by atoms with Crippen LogP contribution in [0.15, 0.2) is 18.2 Å². The second-order valence-corrected chi connectivity index (χ2v) is 4.26. The molecule has 0 radical (unpaired) electrons. The summed E-state index contributed by atoms with van der Waals surface area (Å²) in [5.74, 6) is 0.373. The number of hydrogen-bond donors (Lipinski definition) is 2. The van der Waals surface area contributed by atoms with Gasteiger partial charge in [-0.25, -0.2) is 0 Å². The molecule has 1 fully saturated rings. The molecule has 0 unspecified atom stereocenters. The van der Waals surface area contributed by atoms with Crippen LogP contribution in [0.5, 0.6) is 5.75 Å². The van der Waals surface area contributed by atoms with E-state index in [9.17, 15) is 4.79 Å². The highest BCUT2D eigenvalue weighted by Gasteiger charge is 2.19. The number of benzene rings is 1. The van der Waals surface area contributed by atoms with Gasteiger partial charge in [0, 0.05) is 31.6 Å². The minimum absolute atomic E-state index is 0.0870. The van der Waals surface area contributed by atoms with E-state index in [1.54, 1.807) is 25.2 Å². The highest BCUT2D eigenvalue weighted by molar-refractivity contribution is 5.97. The standard InChI is InChI=1S/C13H18N2O3/c1-15-13(16)11-3-2-9(14)8-12(11)18-10-4-6-17-7-5-10/h2-3,8,10H,4-7,14H2,1H3,(H,15,16). The Morgan fingerprint density at radius 2 is 2.17 bits per heavy atom. The fourth-order valence-electron chi connectivity index (χ4n) is 1.93. The fraction of sp³-hybridized carbons (Fsp3) is 0.462. The first-order chi connectivity index (χ1) is 8.70. The second-order valence-electron chi connectivity index (χ2n) is 4.26. The molecule has 2 rings (SSSR count). The smallest absolute Gasteiger partial charge is 0.254 e. The summed E-state index contributed by atoms with van der Waals surface area (Å²) in [5, 5.41) is 2.59. The van der Waals surface area contributed by atoms with E-state index in [1.807, 2.05) is 0 Å². The Kier molecular flexibility index (Phi) is 4.04. The van der Waals surface area contributed by atoms with E-state index >= 15 is 0 Å². The molecule has 0 aromatic heterocycles. The molecule has 0 atom stereocenters. The molecule has 1 amide bonds. The van der Waals surface area contributed by atoms with Crippen molar-refractivity contribution in [2.45, 2.75) is 18.9 Å². The lowest BCUT2D eigenvalue weighted by Crippen LogP contribution is -2.27. The van der Waals surface area contributed by atoms with E-state index in [-0.39, 0.29) is 12.0 Å². The van der Waals surface area contributed by atoms with Crippen LogP contribution in [0, 0.1) is 0 Å². The third-order valence-corrected chi connectivity index (χ3v) is 2.94. The van der Waals surface area contributed by atoms with Gasteiger partial charge in [-0.1, -0.05) is 0 Å². The molecule has 0 spiro atoms. The summed E-state index contributed by atoms with van der Waals surface area (Å²) in [6.45, 7) is 1.39. The minimum atomic E-state index is -0.169. The van der Waals surface area contributed by atoms with Crippen LogP contribution in [0.3, 0.4) is 0 Å². The molecule has 1 aromatic rings. The molecule has 1 aliphatic heterocycles. The van der Waals surface area contributed by atoms with Gasteiger partial charge in [-0.3, -0.25) is 4.79 Å². The fourth-order valence-corrected chi connectivity index (χ4v) is 1.93. The Morgan fingerprint density at radius 3 is 2.83 bits per heavy atom. The topological polar surface area (TPSA) is 73.6 Å². The van der Waals surface area contributed by atoms with Crippen LogP contribution in [-0.4, -0.2) is 32.3 Å². The van der Waals surface area contributed by atoms with Crippen molar-refractivity contribution in [3.8, 4) is 5.75 Å². The lowest BCUT2D eigenvalue weighted by Gasteiger charge is -2.24. The van der Waals surface area contributed by atoms with Gasteiger partial charge in [0.2, 0.25) is 0 Å². The number of nitrogens with two attached hydrogens (primary N) is 1. The van der Waals surface area contributed by atoms with Gasteiger partial charge in [0.1, 0.15) is 11.9 Å². The predicted octanol–water partition coefficient (Wildman–Crippen LogP) is 1.19. The molecule has 0 aliphatic carbocycles. The molecule has 98 valence electrons. The number of rotatable bonds is 3. The number of anilines is 1. The molecule has 5 nitrogen and oxygen atoms in total. The molecule has 3 N–H and O–H groups in total. The molecule has 1 aliphatic rings. The average Bonchev–Trinajstić information content (AvgIpc) is 2.39. The van der Waals surface area contributed by atoms with Crippen LogP contribution < -0.4 is 15.8 Å². The molecular formula is C13H18N2O3. The third kappa shape index (κ3) is 2.92. The molecule has 1 aromatic carbocycles. The predicted molar refractivity (Wildman–Crippen MR) is 68.7 cm³/mol. The van der Waals surface area contributed by atoms with Gasteiger partial charge < -0.3 is 20.5 Å². The van der Waals surface area contributed by atoms with E-state index in [4.69, 9.17) is 15.2 Å². The number of amides is 1. The lowest BCUT2D eigenvalue weighted by atomic mass is 10.1. The first-order valence-electron chi connectivity index (χ1n) is 6.06. The molecule has 1 saturated heterocycles. The summed E-state index contributed by atoms with van der Waals surface area (Å²) in [7, 11) is 1.59. The third-order valence-electron chi connectivity index (χ3n) is 2.94. The van der Waals surface area contributed by atoms with Crippen LogP contribution in [0.1, 0.15) is 23.2 Å². The van der Waals surface area contributed by atoms with Crippen molar-refractivity contribution < 1.29 is 14.3 Å². The molecule has 0 saturated carbocycles. The Balaban J connectivity index is 2.18. The average molecular weight is 250 g/mol. The highest BCUT2D eigenvalue weighted by Crippen LogP contribution is 2.25. The second kappa shape index (κ2) is 5.73. The quantitative estimate of drug-likeness (QED) is 0.790. The summed E-state index contributed by atoms with van der Waals surface area (Å²) in [6.07, 6.45) is 1.76. The van der Waals surface area contributed by atoms with Crippen molar-refractivity contribution >= 4 is 11.6 Å². The largest absolute Gasteiger partial charge is 0.489 e. The maximum Gasteiger partial charge on any atom is 0.254 e. The normalized spacial score (nSPS) is 16.3. The van der Waals surface area contributed by atoms with Crippen LogP contribution in [-0.2, 0) is 4.74 Å². The monoisotopic (exact) mass is 250 g/mol. The van der Waals surface area contributed by atoms with Gasteiger partial charge in [-0.2, -0.15) is 0 Å². The maximum atomic E-state index is 11.7. The van der Waals surface area contributed by atoms with Gasteiger partial charge in [0.05, 0.1) is 18.8 Å². The highest BCUT2D eigenvalue weighted by atomic mass is 16.5. The molecular weight excluding hydrogens is 232 g/mol. The van der Waals surface area contributed by atoms with Crippen molar-refractivity contribution in [1.82, 2.24) is 5.32 Å². The zero-order valence-corrected chi connectivity index (χ0v) is 10.4. The van der Waals surface area contributed by atoms with Gasteiger partial charge in [-0.05, 0) is 12.1 Å². The van der Waals surface area contributed by atoms with E-state index < -0.39 is 0 Å². The number of hydrogen-bond acceptors (Lipinski definition) is 4. The number of carbonyl (C=O) groups excluding carboxylic acids is 1. The Hall–Kier alpha value is -1.75. The van der Waals surface area contributed by atoms with Crippen LogP contribution in [0.4, 0.5) is 5.69 Å². The SMILES string of the molecule is CNC(=O)c1ccc(N)cc1OC1CCOCC1. The van der Waals surface area contributed by atoms with E-state index in [0.29, 0.717) is 30.2 Å². The molecule has 0 bridgehead atoms. The Bertz CT molecular complexity index is 428. The van der Waals surface area contributed by atoms with Crippen LogP contribution >= 0.6 is 0 Å². The van der Waals surface area contributed by atoms with Gasteiger partial charge >= 0.3 is 0 Å². The summed E-state index contributed by atoms with van der Waals surface area (Å²) < 4.78 is 11.1. The Morgan fingerprint density at radius 1 is 1.44 bits per heavy atom. The maximum absolute atomic E-state index is 11.7. The van der Waals surface area contributed by atoms with Crippen LogP contribution in [0.25, 0.3) is 0 Å². The van der Waals surface area contributed by atoms with Crippen molar-refractivity contribution in [3.05, 3.63) is 23.8 Å². The van der Waals surface area contributed by atoms with Crippen LogP contribution in [0.2, 0.25) is 0 Å². The first-order valence-corrected chi connectivity index (χ1v) is 6.06. The minimum Gasteiger partial charge on any atom is -0.489 e. The lowest BCUT2D eigenvalue weighted by molar-refractivity contribution is 0.0252. The van der Waals surface area contributed by atoms with Crippen molar-refractivity contribution in [1.29, 1.82) is 0 Å². The summed E-state index contributed by atoms with van der Waals surface area (Å²) in [4.78, 5) is 11.7. The first kappa shape index (κ1) is 12.7. The summed E-state index contributed by atoms with van der Waals surface area (Å²) in [5.41, 5.74) is 6.84. The number of nitrogens with one attached hydrogen (secondary N) is 1. The summed E-state index contributed by atoms with van der Waals surface area (Å²) in [6, 6.07) is 5.07. The number of carbonyl (C=O) groups is 1. The zero-order valence-electron chi connectivity index (χ0n) is 10.4. The molecule has 18 heavy (non-hydrogen) atoms. The van der Waals surface area contributed by atoms with E-state index in [1.165, 1.54) is 0 Å². The molecule has 1 heterocycles.